The van der Waals surface area contributed by atoms with Crippen molar-refractivity contribution in [2.45, 2.75) is 56.3 Å². The number of benzene rings is 1. The summed E-state index contributed by atoms with van der Waals surface area (Å²) in [6.45, 7) is 2.57. The van der Waals surface area contributed by atoms with Gasteiger partial charge in [0.05, 0.1) is 17.9 Å². The number of rotatable bonds is 8. The second-order valence-electron chi connectivity index (χ2n) is 11.7. The molecule has 0 bridgehead atoms. The molecule has 3 aromatic rings. The lowest BCUT2D eigenvalue weighted by Gasteiger charge is -2.35. The SMILES string of the molecule is CNC1CC=CC=C1NC1CCN(c2ccc(NC(=O)c3oc(N4CCC(c5ccccc5)CC4)nc3C(F)(F)F)cn2)CC1. The van der Waals surface area contributed by atoms with Crippen molar-refractivity contribution in [2.75, 3.05) is 48.3 Å². The van der Waals surface area contributed by atoms with E-state index in [9.17, 15) is 18.0 Å². The summed E-state index contributed by atoms with van der Waals surface area (Å²) in [7, 11) is 1.97. The summed E-state index contributed by atoms with van der Waals surface area (Å²) in [4.78, 5) is 25.1. The molecular weight excluding hydrogens is 583 g/mol. The molecule has 2 aromatic heterocycles. The predicted octanol–water partition coefficient (Wildman–Crippen LogP) is 5.71. The molecule has 1 unspecified atom stereocenters. The van der Waals surface area contributed by atoms with Crippen molar-refractivity contribution in [2.24, 2.45) is 0 Å². The minimum atomic E-state index is -4.85. The number of allylic oxidation sites excluding steroid dienone is 2. The number of nitrogens with one attached hydrogen (secondary N) is 3. The normalized spacial score (nSPS) is 19.8. The Kier molecular flexibility index (Phi) is 9.11. The highest BCUT2D eigenvalue weighted by atomic mass is 19.4. The number of amides is 1. The molecular formula is C33H38F3N7O2. The Bertz CT molecular complexity index is 1510. The Hall–Kier alpha value is -4.32. The third kappa shape index (κ3) is 7.16. The molecule has 1 aliphatic carbocycles. The van der Waals surface area contributed by atoms with Crippen molar-refractivity contribution >= 4 is 23.4 Å². The first-order chi connectivity index (χ1) is 21.8. The van der Waals surface area contributed by atoms with Crippen molar-refractivity contribution in [1.29, 1.82) is 0 Å². The van der Waals surface area contributed by atoms with Crippen LogP contribution in [0.5, 0.6) is 0 Å². The number of aromatic nitrogens is 2. The van der Waals surface area contributed by atoms with E-state index in [0.717, 1.165) is 51.0 Å². The van der Waals surface area contributed by atoms with Gasteiger partial charge in [-0.3, -0.25) is 4.79 Å². The lowest BCUT2D eigenvalue weighted by Crippen LogP contribution is -2.45. The van der Waals surface area contributed by atoms with Gasteiger partial charge in [0.15, 0.2) is 5.69 Å². The van der Waals surface area contributed by atoms with E-state index in [0.29, 0.717) is 31.1 Å². The molecule has 0 spiro atoms. The molecule has 45 heavy (non-hydrogen) atoms. The van der Waals surface area contributed by atoms with E-state index in [2.05, 4.69) is 61.2 Å². The Labute approximate surface area is 260 Å². The van der Waals surface area contributed by atoms with Crippen LogP contribution < -0.4 is 25.8 Å². The first-order valence-electron chi connectivity index (χ1n) is 15.5. The number of hydrogen-bond donors (Lipinski definition) is 3. The predicted molar refractivity (Wildman–Crippen MR) is 167 cm³/mol. The van der Waals surface area contributed by atoms with Gasteiger partial charge in [0.25, 0.3) is 11.9 Å². The van der Waals surface area contributed by atoms with E-state index in [4.69, 9.17) is 4.42 Å². The zero-order valence-corrected chi connectivity index (χ0v) is 25.2. The number of carbonyl (C=O) groups excluding carboxylic acids is 1. The third-order valence-electron chi connectivity index (χ3n) is 8.83. The van der Waals surface area contributed by atoms with Crippen LogP contribution in [0.15, 0.2) is 77.0 Å². The third-order valence-corrected chi connectivity index (χ3v) is 8.83. The van der Waals surface area contributed by atoms with E-state index in [-0.39, 0.29) is 11.7 Å². The highest BCUT2D eigenvalue weighted by molar-refractivity contribution is 6.03. The number of alkyl halides is 3. The smallest absolute Gasteiger partial charge is 0.417 e. The molecule has 3 N–H and O–H groups in total. The molecule has 0 saturated carbocycles. The van der Waals surface area contributed by atoms with Crippen molar-refractivity contribution in [3.8, 4) is 0 Å². The summed E-state index contributed by atoms with van der Waals surface area (Å²) in [5, 5.41) is 9.53. The highest BCUT2D eigenvalue weighted by Crippen LogP contribution is 2.36. The Balaban J connectivity index is 1.06. The molecule has 238 valence electrons. The molecule has 6 rings (SSSR count). The van der Waals surface area contributed by atoms with Crippen molar-refractivity contribution in [3.63, 3.8) is 0 Å². The molecule has 9 nitrogen and oxygen atoms in total. The van der Waals surface area contributed by atoms with Gasteiger partial charge < -0.3 is 30.2 Å². The minimum absolute atomic E-state index is 0.192. The van der Waals surface area contributed by atoms with Gasteiger partial charge in [-0.25, -0.2) is 4.98 Å². The summed E-state index contributed by atoms with van der Waals surface area (Å²) in [5.74, 6) is -0.821. The molecule has 2 fully saturated rings. The van der Waals surface area contributed by atoms with Crippen LogP contribution in [0.25, 0.3) is 0 Å². The van der Waals surface area contributed by atoms with Crippen LogP contribution in [-0.4, -0.2) is 61.2 Å². The standard InChI is InChI=1S/C33H38F3N7O2/c1-37-26-9-5-6-10-27(26)39-24-15-19-42(20-16-24)28-12-11-25(21-38-28)40-31(44)29-30(33(34,35)36)41-32(45-29)43-17-13-23(14-18-43)22-7-3-2-4-8-22/h2-8,10-12,21,23-24,26,37,39H,9,13-20H2,1H3,(H,40,44). The average molecular weight is 622 g/mol. The largest absolute Gasteiger partial charge is 0.437 e. The number of pyridine rings is 1. The molecule has 12 heteroatoms. The maximum atomic E-state index is 13.9. The summed E-state index contributed by atoms with van der Waals surface area (Å²) in [6, 6.07) is 13.9. The quantitative estimate of drug-likeness (QED) is 0.294. The first-order valence-corrected chi connectivity index (χ1v) is 15.5. The average Bonchev–Trinajstić information content (AvgIpc) is 3.53. The zero-order valence-electron chi connectivity index (χ0n) is 25.2. The first kappa shape index (κ1) is 30.7. The second kappa shape index (κ2) is 13.4. The van der Waals surface area contributed by atoms with Crippen molar-refractivity contribution < 1.29 is 22.4 Å². The number of hydrogen-bond acceptors (Lipinski definition) is 8. The van der Waals surface area contributed by atoms with Gasteiger partial charge in [-0.05, 0) is 68.8 Å². The highest BCUT2D eigenvalue weighted by Gasteiger charge is 2.42. The van der Waals surface area contributed by atoms with Gasteiger partial charge in [-0.15, -0.1) is 0 Å². The molecule has 4 heterocycles. The number of anilines is 3. The molecule has 0 radical (unpaired) electrons. The fourth-order valence-electron chi connectivity index (χ4n) is 6.29. The number of likely N-dealkylation sites (N-methyl/N-ethyl adjacent to an activating group) is 1. The van der Waals surface area contributed by atoms with Gasteiger partial charge in [-0.1, -0.05) is 42.5 Å². The maximum Gasteiger partial charge on any atom is 0.437 e. The van der Waals surface area contributed by atoms with E-state index in [1.807, 2.05) is 25.2 Å². The topological polar surface area (TPSA) is 98.6 Å². The summed E-state index contributed by atoms with van der Waals surface area (Å²) < 4.78 is 47.2. The fraction of sp³-hybridized carbons (Fsp3) is 0.424. The van der Waals surface area contributed by atoms with Crippen LogP contribution >= 0.6 is 0 Å². The monoisotopic (exact) mass is 621 g/mol. The van der Waals surface area contributed by atoms with Crippen LogP contribution in [-0.2, 0) is 6.18 Å². The van der Waals surface area contributed by atoms with E-state index < -0.39 is 23.5 Å². The van der Waals surface area contributed by atoms with Crippen LogP contribution in [0.1, 0.15) is 59.8 Å². The van der Waals surface area contributed by atoms with Crippen LogP contribution in [0.2, 0.25) is 0 Å². The lowest BCUT2D eigenvalue weighted by molar-refractivity contribution is -0.141. The molecule has 1 atom stereocenters. The van der Waals surface area contributed by atoms with Crippen molar-refractivity contribution in [3.05, 3.63) is 89.6 Å². The van der Waals surface area contributed by atoms with Crippen molar-refractivity contribution in [1.82, 2.24) is 20.6 Å². The maximum absolute atomic E-state index is 13.9. The second-order valence-corrected chi connectivity index (χ2v) is 11.7. The van der Waals surface area contributed by atoms with E-state index in [1.165, 1.54) is 17.5 Å². The van der Waals surface area contributed by atoms with Crippen LogP contribution in [0.4, 0.5) is 30.7 Å². The van der Waals surface area contributed by atoms with Gasteiger partial charge in [0.1, 0.15) is 5.82 Å². The van der Waals surface area contributed by atoms with Gasteiger partial charge >= 0.3 is 6.18 Å². The zero-order chi connectivity index (χ0) is 31.4. The summed E-state index contributed by atoms with van der Waals surface area (Å²) in [5.41, 5.74) is 1.35. The Morgan fingerprint density at radius 2 is 1.71 bits per heavy atom. The summed E-state index contributed by atoms with van der Waals surface area (Å²) >= 11 is 0. The fourth-order valence-corrected chi connectivity index (χ4v) is 6.29. The Morgan fingerprint density at radius 3 is 2.38 bits per heavy atom. The molecule has 2 saturated heterocycles. The number of piperidine rings is 2. The van der Waals surface area contributed by atoms with E-state index >= 15 is 0 Å². The number of carbonyl (C=O) groups is 1. The summed E-state index contributed by atoms with van der Waals surface area (Å²) in [6.07, 6.45) is 7.29. The van der Waals surface area contributed by atoms with Crippen LogP contribution in [0, 0.1) is 0 Å². The Morgan fingerprint density at radius 1 is 0.978 bits per heavy atom. The molecule has 1 aromatic carbocycles. The number of nitrogens with zero attached hydrogens (tertiary/aromatic N) is 4. The van der Waals surface area contributed by atoms with Gasteiger partial charge in [-0.2, -0.15) is 18.2 Å². The van der Waals surface area contributed by atoms with Crippen LogP contribution in [0.3, 0.4) is 0 Å². The van der Waals surface area contributed by atoms with E-state index in [1.54, 1.807) is 17.0 Å². The molecule has 1 amide bonds. The molecule has 3 aliphatic rings. The molecule has 2 aliphatic heterocycles. The minimum Gasteiger partial charge on any atom is -0.417 e. The lowest BCUT2D eigenvalue weighted by atomic mass is 9.90. The number of halogens is 3. The van der Waals surface area contributed by atoms with Gasteiger partial charge in [0, 0.05) is 37.9 Å². The van der Waals surface area contributed by atoms with Gasteiger partial charge in [0.2, 0.25) is 5.76 Å². The number of oxazole rings is 1.